The lowest BCUT2D eigenvalue weighted by Gasteiger charge is -2.07. The van der Waals surface area contributed by atoms with Crippen molar-refractivity contribution in [3.8, 4) is 11.5 Å². The molecule has 2 aromatic carbocycles. The predicted octanol–water partition coefficient (Wildman–Crippen LogP) is 3.67. The van der Waals surface area contributed by atoms with Crippen LogP contribution in [0.25, 0.3) is 6.08 Å². The fraction of sp³-hybridized carbons (Fsp3) is 0.200. The van der Waals surface area contributed by atoms with Gasteiger partial charge in [-0.15, -0.1) is 0 Å². The molecule has 25 heavy (non-hydrogen) atoms. The number of nitrogens with zero attached hydrogens (tertiary/aromatic N) is 1. The fourth-order valence-corrected chi connectivity index (χ4v) is 2.51. The molecular formula is C20H19NO4. The summed E-state index contributed by atoms with van der Waals surface area (Å²) in [6, 6.07) is 11.2. The first kappa shape index (κ1) is 16.8. The second-order valence-corrected chi connectivity index (χ2v) is 5.74. The van der Waals surface area contributed by atoms with Gasteiger partial charge in [-0.2, -0.15) is 0 Å². The molecule has 0 radical (unpaired) electrons. The third-order valence-corrected chi connectivity index (χ3v) is 4.10. The van der Waals surface area contributed by atoms with Gasteiger partial charge in [0.1, 0.15) is 11.5 Å². The molecule has 3 rings (SSSR count). The first-order chi connectivity index (χ1) is 12.0. The highest BCUT2D eigenvalue weighted by Crippen LogP contribution is 2.28. The van der Waals surface area contributed by atoms with Crippen molar-refractivity contribution in [2.24, 2.45) is 4.99 Å². The summed E-state index contributed by atoms with van der Waals surface area (Å²) in [6.45, 7) is 4.04. The zero-order valence-electron chi connectivity index (χ0n) is 14.6. The van der Waals surface area contributed by atoms with Gasteiger partial charge in [0.25, 0.3) is 0 Å². The first-order valence-corrected chi connectivity index (χ1v) is 7.84. The molecule has 0 saturated carbocycles. The van der Waals surface area contributed by atoms with Crippen LogP contribution in [0.15, 0.2) is 47.1 Å². The van der Waals surface area contributed by atoms with Crippen LogP contribution in [0.1, 0.15) is 22.3 Å². The topological polar surface area (TPSA) is 57.1 Å². The number of aliphatic imine (C=N–C) groups is 1. The molecule has 128 valence electrons. The summed E-state index contributed by atoms with van der Waals surface area (Å²) in [5.41, 5.74) is 3.98. The molecule has 0 amide bonds. The van der Waals surface area contributed by atoms with Crippen molar-refractivity contribution in [2.75, 3.05) is 14.2 Å². The highest BCUT2D eigenvalue weighted by Gasteiger charge is 2.24. The van der Waals surface area contributed by atoms with E-state index in [4.69, 9.17) is 14.2 Å². The molecule has 0 unspecified atom stereocenters. The van der Waals surface area contributed by atoms with E-state index in [0.717, 1.165) is 11.1 Å². The summed E-state index contributed by atoms with van der Waals surface area (Å²) in [4.78, 5) is 16.5. The maximum absolute atomic E-state index is 12.2. The van der Waals surface area contributed by atoms with Gasteiger partial charge in [-0.3, -0.25) is 0 Å². The van der Waals surface area contributed by atoms with Gasteiger partial charge in [-0.1, -0.05) is 6.07 Å². The first-order valence-electron chi connectivity index (χ1n) is 7.84. The summed E-state index contributed by atoms with van der Waals surface area (Å²) in [5.74, 6) is 1.10. The highest BCUT2D eigenvalue weighted by molar-refractivity contribution is 6.13. The number of rotatable bonds is 4. The predicted molar refractivity (Wildman–Crippen MR) is 96.1 cm³/mol. The minimum Gasteiger partial charge on any atom is -0.497 e. The van der Waals surface area contributed by atoms with Gasteiger partial charge in [0.2, 0.25) is 5.90 Å². The third kappa shape index (κ3) is 3.40. The van der Waals surface area contributed by atoms with E-state index in [1.165, 1.54) is 5.56 Å². The van der Waals surface area contributed by atoms with E-state index < -0.39 is 5.97 Å². The van der Waals surface area contributed by atoms with Crippen LogP contribution in [0.3, 0.4) is 0 Å². The monoisotopic (exact) mass is 337 g/mol. The molecule has 0 atom stereocenters. The van der Waals surface area contributed by atoms with Crippen molar-refractivity contribution >= 4 is 17.9 Å². The number of benzene rings is 2. The van der Waals surface area contributed by atoms with Crippen molar-refractivity contribution in [2.45, 2.75) is 13.8 Å². The Morgan fingerprint density at radius 3 is 2.48 bits per heavy atom. The number of aryl methyl sites for hydroxylation is 2. The number of ether oxygens (including phenoxy) is 3. The van der Waals surface area contributed by atoms with E-state index in [1.54, 1.807) is 38.5 Å². The number of hydrogen-bond donors (Lipinski definition) is 0. The normalized spacial score (nSPS) is 15.1. The van der Waals surface area contributed by atoms with Crippen molar-refractivity contribution in [1.29, 1.82) is 0 Å². The second-order valence-electron chi connectivity index (χ2n) is 5.74. The lowest BCUT2D eigenvalue weighted by atomic mass is 10.1. The van der Waals surface area contributed by atoms with Gasteiger partial charge in [-0.25, -0.2) is 9.79 Å². The Balaban J connectivity index is 2.00. The molecular weight excluding hydrogens is 318 g/mol. The zero-order valence-corrected chi connectivity index (χ0v) is 14.6. The minimum atomic E-state index is -0.488. The molecule has 5 nitrogen and oxygen atoms in total. The van der Waals surface area contributed by atoms with Gasteiger partial charge in [-0.05, 0) is 61.4 Å². The van der Waals surface area contributed by atoms with E-state index in [0.29, 0.717) is 23.0 Å². The largest absolute Gasteiger partial charge is 0.497 e. The van der Waals surface area contributed by atoms with Crippen LogP contribution in [0.2, 0.25) is 0 Å². The van der Waals surface area contributed by atoms with Gasteiger partial charge < -0.3 is 14.2 Å². The van der Waals surface area contributed by atoms with Crippen LogP contribution in [0.5, 0.6) is 11.5 Å². The van der Waals surface area contributed by atoms with Crippen molar-refractivity contribution in [3.63, 3.8) is 0 Å². The standard InChI is InChI=1S/C20H19NO4/c1-12-5-6-14(9-13(12)2)19-21-17(20(22)25-19)11-15-10-16(23-3)7-8-18(15)24-4/h5-11H,1-4H3/b17-11+. The number of carbonyl (C=O) groups is 1. The fourth-order valence-electron chi connectivity index (χ4n) is 2.51. The SMILES string of the molecule is COc1ccc(OC)c(/C=C2/N=C(c3ccc(C)c(C)c3)OC2=O)c1. The Morgan fingerprint density at radius 2 is 1.80 bits per heavy atom. The van der Waals surface area contributed by atoms with E-state index in [-0.39, 0.29) is 5.70 Å². The molecule has 2 aromatic rings. The number of cyclic esters (lactones) is 1. The number of carbonyl (C=O) groups excluding carboxylic acids is 1. The van der Waals surface area contributed by atoms with Crippen LogP contribution >= 0.6 is 0 Å². The number of esters is 1. The van der Waals surface area contributed by atoms with Crippen LogP contribution in [0, 0.1) is 13.8 Å². The van der Waals surface area contributed by atoms with Crippen LogP contribution in [-0.2, 0) is 9.53 Å². The third-order valence-electron chi connectivity index (χ3n) is 4.10. The summed E-state index contributed by atoms with van der Waals surface area (Å²) in [6.07, 6.45) is 1.64. The van der Waals surface area contributed by atoms with E-state index >= 15 is 0 Å². The summed E-state index contributed by atoms with van der Waals surface area (Å²) in [5, 5.41) is 0. The molecule has 5 heteroatoms. The Hall–Kier alpha value is -3.08. The Kier molecular flexibility index (Phi) is 4.57. The van der Waals surface area contributed by atoms with Crippen molar-refractivity contribution in [1.82, 2.24) is 0 Å². The van der Waals surface area contributed by atoms with E-state index in [9.17, 15) is 4.79 Å². The molecule has 0 fully saturated rings. The molecule has 0 bridgehead atoms. The molecule has 0 aliphatic carbocycles. The van der Waals surface area contributed by atoms with E-state index in [2.05, 4.69) is 4.99 Å². The number of methoxy groups -OCH3 is 2. The average molecular weight is 337 g/mol. The van der Waals surface area contributed by atoms with E-state index in [1.807, 2.05) is 32.0 Å². The van der Waals surface area contributed by atoms with Gasteiger partial charge in [0.15, 0.2) is 5.70 Å². The number of hydrogen-bond acceptors (Lipinski definition) is 5. The van der Waals surface area contributed by atoms with Crippen LogP contribution in [-0.4, -0.2) is 26.1 Å². The van der Waals surface area contributed by atoms with Gasteiger partial charge in [0.05, 0.1) is 14.2 Å². The van der Waals surface area contributed by atoms with Crippen LogP contribution < -0.4 is 9.47 Å². The molecule has 0 aromatic heterocycles. The Bertz CT molecular complexity index is 897. The quantitative estimate of drug-likeness (QED) is 0.631. The Morgan fingerprint density at radius 1 is 1.00 bits per heavy atom. The summed E-state index contributed by atoms with van der Waals surface area (Å²) < 4.78 is 15.9. The van der Waals surface area contributed by atoms with Gasteiger partial charge >= 0.3 is 5.97 Å². The Labute approximate surface area is 146 Å². The second kappa shape index (κ2) is 6.81. The zero-order chi connectivity index (χ0) is 18.0. The highest BCUT2D eigenvalue weighted by atomic mass is 16.6. The molecule has 0 spiro atoms. The average Bonchev–Trinajstić information content (AvgIpc) is 2.98. The summed E-state index contributed by atoms with van der Waals surface area (Å²) in [7, 11) is 3.15. The van der Waals surface area contributed by atoms with Crippen molar-refractivity contribution in [3.05, 3.63) is 64.3 Å². The van der Waals surface area contributed by atoms with Gasteiger partial charge in [0, 0.05) is 11.1 Å². The molecule has 1 aliphatic heterocycles. The minimum absolute atomic E-state index is 0.222. The van der Waals surface area contributed by atoms with Crippen LogP contribution in [0.4, 0.5) is 0 Å². The molecule has 0 N–H and O–H groups in total. The van der Waals surface area contributed by atoms with Crippen molar-refractivity contribution < 1.29 is 19.0 Å². The maximum Gasteiger partial charge on any atom is 0.363 e. The maximum atomic E-state index is 12.2. The summed E-state index contributed by atoms with van der Waals surface area (Å²) >= 11 is 0. The molecule has 0 saturated heterocycles. The molecule has 1 heterocycles. The lowest BCUT2D eigenvalue weighted by Crippen LogP contribution is -2.05. The smallest absolute Gasteiger partial charge is 0.363 e. The molecule has 1 aliphatic rings. The lowest BCUT2D eigenvalue weighted by molar-refractivity contribution is -0.129.